The SMILES string of the molecule is O=C(c1ccc2ncc(OCCO)cc2c1)c1c(F)c(F)cc(CCCNS(=O)[O-])c1F. The molecule has 3 rings (SSSR count). The predicted molar refractivity (Wildman–Crippen MR) is 109 cm³/mol. The highest BCUT2D eigenvalue weighted by molar-refractivity contribution is 7.77. The standard InChI is InChI=1S/C21H19F3N2O5S/c22-16-10-12(2-1-5-26-32(29)30)19(23)18(20(16)24)21(28)13-3-4-17-14(8-13)9-15(11-25-17)31-7-6-27/h3-4,8-11,26-27H,1-2,5-7H2,(H,29,30)/p-1. The number of rotatable bonds is 10. The van der Waals surface area contributed by atoms with Crippen LogP contribution in [0.1, 0.15) is 27.9 Å². The summed E-state index contributed by atoms with van der Waals surface area (Å²) in [6.07, 6.45) is 1.43. The lowest BCUT2D eigenvalue weighted by Crippen LogP contribution is -2.18. The number of carbonyl (C=O) groups excluding carboxylic acids is 1. The van der Waals surface area contributed by atoms with Crippen LogP contribution in [0, 0.1) is 17.5 Å². The molecule has 0 spiro atoms. The fourth-order valence-electron chi connectivity index (χ4n) is 3.11. The zero-order chi connectivity index (χ0) is 23.3. The third kappa shape index (κ3) is 5.49. The first-order valence-corrected chi connectivity index (χ1v) is 10.6. The molecule has 0 saturated heterocycles. The van der Waals surface area contributed by atoms with Crippen molar-refractivity contribution in [3.63, 3.8) is 0 Å². The Morgan fingerprint density at radius 2 is 1.97 bits per heavy atom. The van der Waals surface area contributed by atoms with Crippen molar-refractivity contribution in [2.75, 3.05) is 19.8 Å². The topological polar surface area (TPSA) is 112 Å². The second kappa shape index (κ2) is 10.6. The van der Waals surface area contributed by atoms with Crippen molar-refractivity contribution in [1.29, 1.82) is 0 Å². The van der Waals surface area contributed by atoms with Crippen LogP contribution in [-0.2, 0) is 17.7 Å². The lowest BCUT2D eigenvalue weighted by Gasteiger charge is -2.12. The van der Waals surface area contributed by atoms with Crippen LogP contribution in [0.2, 0.25) is 0 Å². The number of hydrogen-bond acceptors (Lipinski definition) is 6. The third-order valence-corrected chi connectivity index (χ3v) is 5.02. The van der Waals surface area contributed by atoms with E-state index in [1.807, 2.05) is 0 Å². The van der Waals surface area contributed by atoms with Gasteiger partial charge in [-0.25, -0.2) is 17.9 Å². The molecule has 0 saturated carbocycles. The molecule has 170 valence electrons. The van der Waals surface area contributed by atoms with Crippen molar-refractivity contribution >= 4 is 28.0 Å². The van der Waals surface area contributed by atoms with Crippen LogP contribution in [-0.4, -0.2) is 44.4 Å². The Hall–Kier alpha value is -2.86. The van der Waals surface area contributed by atoms with Gasteiger partial charge in [0, 0.05) is 28.8 Å². The molecular weight excluding hydrogens is 449 g/mol. The largest absolute Gasteiger partial charge is 0.760 e. The van der Waals surface area contributed by atoms with E-state index in [-0.39, 0.29) is 43.7 Å². The van der Waals surface area contributed by atoms with Gasteiger partial charge in [0.1, 0.15) is 18.2 Å². The first-order valence-electron chi connectivity index (χ1n) is 9.49. The molecule has 32 heavy (non-hydrogen) atoms. The van der Waals surface area contributed by atoms with Crippen LogP contribution in [0.4, 0.5) is 13.2 Å². The van der Waals surface area contributed by atoms with E-state index in [9.17, 15) is 26.7 Å². The summed E-state index contributed by atoms with van der Waals surface area (Å²) in [4.78, 5) is 17.0. The second-order valence-corrected chi connectivity index (χ2v) is 7.49. The Labute approximate surface area is 183 Å². The highest BCUT2D eigenvalue weighted by Crippen LogP contribution is 2.26. The minimum Gasteiger partial charge on any atom is -0.760 e. The Kier molecular flexibility index (Phi) is 7.91. The van der Waals surface area contributed by atoms with Crippen molar-refractivity contribution in [3.05, 3.63) is 70.7 Å². The molecule has 0 radical (unpaired) electrons. The average molecular weight is 467 g/mol. The third-order valence-electron chi connectivity index (χ3n) is 4.58. The van der Waals surface area contributed by atoms with Crippen LogP contribution >= 0.6 is 0 Å². The van der Waals surface area contributed by atoms with Gasteiger partial charge in [-0.2, -0.15) is 0 Å². The van der Waals surface area contributed by atoms with Crippen molar-refractivity contribution in [3.8, 4) is 5.75 Å². The summed E-state index contributed by atoms with van der Waals surface area (Å²) in [6, 6.07) is 6.36. The summed E-state index contributed by atoms with van der Waals surface area (Å²) in [5.74, 6) is -4.91. The number of ketones is 1. The lowest BCUT2D eigenvalue weighted by atomic mass is 9.96. The van der Waals surface area contributed by atoms with Gasteiger partial charge in [0.15, 0.2) is 17.4 Å². The van der Waals surface area contributed by atoms with E-state index in [0.717, 1.165) is 0 Å². The number of halogens is 3. The van der Waals surface area contributed by atoms with Crippen molar-refractivity contribution in [2.45, 2.75) is 12.8 Å². The number of fused-ring (bicyclic) bond motifs is 1. The van der Waals surface area contributed by atoms with Crippen LogP contribution < -0.4 is 9.46 Å². The van der Waals surface area contributed by atoms with Gasteiger partial charge < -0.3 is 14.4 Å². The summed E-state index contributed by atoms with van der Waals surface area (Å²) < 4.78 is 71.8. The second-order valence-electron chi connectivity index (χ2n) is 6.73. The number of hydrogen-bond donors (Lipinski definition) is 2. The van der Waals surface area contributed by atoms with E-state index < -0.39 is 40.1 Å². The Bertz CT molecular complexity index is 1180. The zero-order valence-electron chi connectivity index (χ0n) is 16.6. The summed E-state index contributed by atoms with van der Waals surface area (Å²) in [7, 11) is 0. The average Bonchev–Trinajstić information content (AvgIpc) is 2.77. The molecule has 0 amide bonds. The number of aromatic nitrogens is 1. The molecule has 3 aromatic rings. The van der Waals surface area contributed by atoms with Crippen LogP contribution in [0.15, 0.2) is 36.5 Å². The molecule has 0 bridgehead atoms. The Morgan fingerprint density at radius 3 is 2.69 bits per heavy atom. The van der Waals surface area contributed by atoms with Crippen molar-refractivity contribution in [1.82, 2.24) is 9.71 Å². The smallest absolute Gasteiger partial charge is 0.199 e. The van der Waals surface area contributed by atoms with Crippen LogP contribution in [0.5, 0.6) is 5.75 Å². The first-order chi connectivity index (χ1) is 15.3. The Morgan fingerprint density at radius 1 is 1.19 bits per heavy atom. The normalized spacial score (nSPS) is 12.2. The quantitative estimate of drug-likeness (QED) is 0.205. The zero-order valence-corrected chi connectivity index (χ0v) is 17.4. The number of ether oxygens (including phenoxy) is 1. The number of nitrogens with one attached hydrogen (secondary N) is 1. The molecule has 0 fully saturated rings. The molecule has 2 N–H and O–H groups in total. The monoisotopic (exact) mass is 467 g/mol. The predicted octanol–water partition coefficient (Wildman–Crippen LogP) is 2.57. The number of nitrogens with zero attached hydrogens (tertiary/aromatic N) is 1. The van der Waals surface area contributed by atoms with Gasteiger partial charge in [0.25, 0.3) is 0 Å². The minimum atomic E-state index is -2.50. The molecule has 2 aromatic carbocycles. The van der Waals surface area contributed by atoms with Crippen molar-refractivity contribution in [2.24, 2.45) is 0 Å². The molecule has 1 aromatic heterocycles. The molecule has 0 aliphatic rings. The van der Waals surface area contributed by atoms with Gasteiger partial charge >= 0.3 is 0 Å². The van der Waals surface area contributed by atoms with Gasteiger partial charge in [0.05, 0.1) is 23.9 Å². The highest BCUT2D eigenvalue weighted by atomic mass is 32.2. The van der Waals surface area contributed by atoms with Gasteiger partial charge in [-0.05, 0) is 48.7 Å². The minimum absolute atomic E-state index is 0.0316. The molecule has 11 heteroatoms. The molecular formula is C21H18F3N2O5S-. The van der Waals surface area contributed by atoms with E-state index in [0.29, 0.717) is 22.7 Å². The van der Waals surface area contributed by atoms with Crippen molar-refractivity contribution < 1.29 is 36.6 Å². The maximum atomic E-state index is 14.9. The molecule has 1 heterocycles. The molecule has 7 nitrogen and oxygen atoms in total. The lowest BCUT2D eigenvalue weighted by molar-refractivity contribution is 0.102. The van der Waals surface area contributed by atoms with E-state index >= 15 is 0 Å². The molecule has 1 unspecified atom stereocenters. The van der Waals surface area contributed by atoms with Gasteiger partial charge in [-0.3, -0.25) is 14.0 Å². The number of aliphatic hydroxyl groups is 1. The summed E-state index contributed by atoms with van der Waals surface area (Å²) in [6.45, 7) is -0.202. The van der Waals surface area contributed by atoms with Crippen LogP contribution in [0.25, 0.3) is 10.9 Å². The van der Waals surface area contributed by atoms with Gasteiger partial charge in [-0.15, -0.1) is 0 Å². The summed E-state index contributed by atoms with van der Waals surface area (Å²) >= 11 is -2.50. The molecule has 1 atom stereocenters. The number of aryl methyl sites for hydroxylation is 1. The Balaban J connectivity index is 1.93. The first kappa shape index (κ1) is 23.8. The number of aliphatic hydroxyl groups excluding tert-OH is 1. The molecule has 0 aliphatic carbocycles. The highest BCUT2D eigenvalue weighted by Gasteiger charge is 2.25. The number of benzene rings is 2. The van der Waals surface area contributed by atoms with E-state index in [2.05, 4.69) is 9.71 Å². The van der Waals surface area contributed by atoms with Gasteiger partial charge in [-0.1, -0.05) is 0 Å². The van der Waals surface area contributed by atoms with E-state index in [1.54, 1.807) is 6.07 Å². The van der Waals surface area contributed by atoms with E-state index in [1.165, 1.54) is 24.4 Å². The van der Waals surface area contributed by atoms with E-state index in [4.69, 9.17) is 9.84 Å². The fraction of sp³-hybridized carbons (Fsp3) is 0.238. The van der Waals surface area contributed by atoms with Gasteiger partial charge in [0.2, 0.25) is 0 Å². The maximum absolute atomic E-state index is 14.9. The summed E-state index contributed by atoms with van der Waals surface area (Å²) in [5, 5.41) is 9.30. The van der Waals surface area contributed by atoms with Crippen LogP contribution in [0.3, 0.4) is 0 Å². The fourth-order valence-corrected chi connectivity index (χ4v) is 3.42. The summed E-state index contributed by atoms with van der Waals surface area (Å²) in [5.41, 5.74) is -0.869. The maximum Gasteiger partial charge on any atom is 0.199 e. The number of pyridine rings is 1. The molecule has 0 aliphatic heterocycles. The number of carbonyl (C=O) groups is 1.